The van der Waals surface area contributed by atoms with Crippen LogP contribution in [0.15, 0.2) is 12.1 Å². The summed E-state index contributed by atoms with van der Waals surface area (Å²) in [6.07, 6.45) is 0. The van der Waals surface area contributed by atoms with E-state index in [0.29, 0.717) is 17.8 Å². The van der Waals surface area contributed by atoms with Gasteiger partial charge in [0.2, 0.25) is 0 Å². The number of hydrogen-bond acceptors (Lipinski definition) is 4. The Morgan fingerprint density at radius 3 is 2.89 bits per heavy atom. The Balaban J connectivity index is 0.00000162. The van der Waals surface area contributed by atoms with Crippen molar-refractivity contribution in [3.8, 4) is 5.75 Å². The van der Waals surface area contributed by atoms with Gasteiger partial charge in [0.1, 0.15) is 5.75 Å². The average Bonchev–Trinajstić information content (AvgIpc) is 2.28. The summed E-state index contributed by atoms with van der Waals surface area (Å²) >= 11 is 0. The number of hydrogen-bond donors (Lipinski definition) is 2. The lowest BCUT2D eigenvalue weighted by Crippen LogP contribution is -2.53. The molecule has 5 heteroatoms. The van der Waals surface area contributed by atoms with Crippen LogP contribution in [-0.2, 0) is 6.54 Å². The minimum Gasteiger partial charge on any atom is -0.506 e. The van der Waals surface area contributed by atoms with E-state index in [4.69, 9.17) is 0 Å². The molecule has 0 amide bonds. The molecule has 2 N–H and O–H groups in total. The van der Waals surface area contributed by atoms with Crippen LogP contribution in [0.4, 0.5) is 0 Å². The molecule has 0 saturated carbocycles. The van der Waals surface area contributed by atoms with Crippen LogP contribution in [0.2, 0.25) is 0 Å². The molecular formula is C13H22ClN3O. The molecule has 18 heavy (non-hydrogen) atoms. The van der Waals surface area contributed by atoms with Gasteiger partial charge in [0.05, 0.1) is 5.69 Å². The zero-order chi connectivity index (χ0) is 12.4. The molecule has 1 aromatic heterocycles. The molecule has 102 valence electrons. The molecule has 1 aromatic rings. The molecule has 2 rings (SSSR count). The molecule has 1 aliphatic rings. The lowest BCUT2D eigenvalue weighted by Gasteiger charge is -2.37. The van der Waals surface area contributed by atoms with E-state index in [0.717, 1.165) is 31.0 Å². The van der Waals surface area contributed by atoms with Crippen LogP contribution in [0.3, 0.4) is 0 Å². The lowest BCUT2D eigenvalue weighted by molar-refractivity contribution is 0.136. The Hall–Kier alpha value is -0.840. The number of halogens is 1. The monoisotopic (exact) mass is 271 g/mol. The molecule has 0 bridgehead atoms. The van der Waals surface area contributed by atoms with Crippen LogP contribution < -0.4 is 5.32 Å². The van der Waals surface area contributed by atoms with Gasteiger partial charge in [-0.15, -0.1) is 12.4 Å². The van der Waals surface area contributed by atoms with Crippen LogP contribution in [0.1, 0.15) is 25.2 Å². The zero-order valence-corrected chi connectivity index (χ0v) is 12.0. The van der Waals surface area contributed by atoms with Crippen molar-refractivity contribution in [3.05, 3.63) is 23.5 Å². The second kappa shape index (κ2) is 6.36. The lowest BCUT2D eigenvalue weighted by atomic mass is 10.1. The van der Waals surface area contributed by atoms with Crippen molar-refractivity contribution in [3.63, 3.8) is 0 Å². The number of nitrogens with zero attached hydrogens (tertiary/aromatic N) is 2. The summed E-state index contributed by atoms with van der Waals surface area (Å²) in [6, 6.07) is 4.54. The average molecular weight is 272 g/mol. The third-order valence-corrected chi connectivity index (χ3v) is 3.34. The molecule has 0 radical (unpaired) electrons. The second-order valence-corrected chi connectivity index (χ2v) is 5.01. The summed E-state index contributed by atoms with van der Waals surface area (Å²) in [6.45, 7) is 9.05. The van der Waals surface area contributed by atoms with E-state index in [1.807, 2.05) is 13.0 Å². The van der Waals surface area contributed by atoms with Crippen molar-refractivity contribution >= 4 is 12.4 Å². The number of nitrogens with one attached hydrogen (secondary N) is 1. The Kier molecular flexibility index (Phi) is 5.38. The molecule has 1 aliphatic heterocycles. The number of aryl methyl sites for hydroxylation is 1. The molecule has 0 spiro atoms. The standard InChI is InChI=1S/C13H21N3O.ClH/c1-9-4-5-13(17)12(15-9)8-16-7-10(2)14-6-11(16)3;/h4-5,10-11,14,17H,6-8H2,1-3H3;1H. The molecular weight excluding hydrogens is 250 g/mol. The summed E-state index contributed by atoms with van der Waals surface area (Å²) in [5, 5.41) is 13.3. The molecule has 2 atom stereocenters. The fourth-order valence-corrected chi connectivity index (χ4v) is 2.23. The highest BCUT2D eigenvalue weighted by Gasteiger charge is 2.23. The van der Waals surface area contributed by atoms with Gasteiger partial charge < -0.3 is 10.4 Å². The summed E-state index contributed by atoms with van der Waals surface area (Å²) < 4.78 is 0. The normalized spacial score (nSPS) is 24.6. The Bertz CT molecular complexity index is 400. The predicted octanol–water partition coefficient (Wildman–Crippen LogP) is 1.70. The first-order valence-electron chi connectivity index (χ1n) is 6.19. The molecule has 0 aromatic carbocycles. The smallest absolute Gasteiger partial charge is 0.138 e. The van der Waals surface area contributed by atoms with Gasteiger partial charge in [0.15, 0.2) is 0 Å². The van der Waals surface area contributed by atoms with E-state index in [2.05, 4.69) is 29.0 Å². The SMILES string of the molecule is Cc1ccc(O)c(CN2CC(C)NCC2C)n1.Cl. The number of rotatable bonds is 2. The first kappa shape index (κ1) is 15.2. The van der Waals surface area contributed by atoms with Gasteiger partial charge >= 0.3 is 0 Å². The van der Waals surface area contributed by atoms with Gasteiger partial charge in [-0.3, -0.25) is 9.88 Å². The van der Waals surface area contributed by atoms with E-state index in [1.165, 1.54) is 0 Å². The highest BCUT2D eigenvalue weighted by Crippen LogP contribution is 2.19. The van der Waals surface area contributed by atoms with Gasteiger partial charge in [0.25, 0.3) is 0 Å². The Labute approximate surface area is 115 Å². The quantitative estimate of drug-likeness (QED) is 0.860. The van der Waals surface area contributed by atoms with Gasteiger partial charge in [-0.05, 0) is 32.9 Å². The third kappa shape index (κ3) is 3.57. The fraction of sp³-hybridized carbons (Fsp3) is 0.615. The van der Waals surface area contributed by atoms with Crippen molar-refractivity contribution in [1.29, 1.82) is 0 Å². The predicted molar refractivity (Wildman–Crippen MR) is 75.2 cm³/mol. The molecule has 1 fully saturated rings. The van der Waals surface area contributed by atoms with E-state index in [-0.39, 0.29) is 12.4 Å². The second-order valence-electron chi connectivity index (χ2n) is 5.01. The van der Waals surface area contributed by atoms with Crippen molar-refractivity contribution in [1.82, 2.24) is 15.2 Å². The highest BCUT2D eigenvalue weighted by atomic mass is 35.5. The Morgan fingerprint density at radius 2 is 2.17 bits per heavy atom. The third-order valence-electron chi connectivity index (χ3n) is 3.34. The number of piperazine rings is 1. The first-order valence-corrected chi connectivity index (χ1v) is 6.19. The first-order chi connectivity index (χ1) is 8.06. The minimum absolute atomic E-state index is 0. The van der Waals surface area contributed by atoms with Gasteiger partial charge in [0, 0.05) is 37.4 Å². The summed E-state index contributed by atoms with van der Waals surface area (Å²) in [7, 11) is 0. The van der Waals surface area contributed by atoms with Gasteiger partial charge in [-0.1, -0.05) is 0 Å². The van der Waals surface area contributed by atoms with E-state index < -0.39 is 0 Å². The molecule has 1 saturated heterocycles. The van der Waals surface area contributed by atoms with Gasteiger partial charge in [-0.2, -0.15) is 0 Å². The molecule has 2 heterocycles. The number of aromatic nitrogens is 1. The number of aromatic hydroxyl groups is 1. The Morgan fingerprint density at radius 1 is 1.44 bits per heavy atom. The summed E-state index contributed by atoms with van der Waals surface area (Å²) in [5.74, 6) is 0.300. The van der Waals surface area contributed by atoms with Crippen molar-refractivity contribution in [2.24, 2.45) is 0 Å². The molecule has 0 aliphatic carbocycles. The highest BCUT2D eigenvalue weighted by molar-refractivity contribution is 5.85. The topological polar surface area (TPSA) is 48.4 Å². The zero-order valence-electron chi connectivity index (χ0n) is 11.2. The fourth-order valence-electron chi connectivity index (χ4n) is 2.23. The largest absolute Gasteiger partial charge is 0.506 e. The maximum atomic E-state index is 9.81. The van der Waals surface area contributed by atoms with Crippen molar-refractivity contribution in [2.45, 2.75) is 39.4 Å². The summed E-state index contributed by atoms with van der Waals surface area (Å²) in [5.41, 5.74) is 1.74. The number of pyridine rings is 1. The van der Waals surface area contributed by atoms with Crippen LogP contribution in [0, 0.1) is 6.92 Å². The van der Waals surface area contributed by atoms with E-state index in [9.17, 15) is 5.11 Å². The van der Waals surface area contributed by atoms with Crippen molar-refractivity contribution < 1.29 is 5.11 Å². The van der Waals surface area contributed by atoms with Crippen LogP contribution in [-0.4, -0.2) is 40.2 Å². The van der Waals surface area contributed by atoms with Crippen LogP contribution in [0.5, 0.6) is 5.75 Å². The molecule has 2 unspecified atom stereocenters. The van der Waals surface area contributed by atoms with Crippen molar-refractivity contribution in [2.75, 3.05) is 13.1 Å². The van der Waals surface area contributed by atoms with Crippen LogP contribution in [0.25, 0.3) is 0 Å². The van der Waals surface area contributed by atoms with E-state index in [1.54, 1.807) is 6.07 Å². The van der Waals surface area contributed by atoms with Crippen LogP contribution >= 0.6 is 12.4 Å². The van der Waals surface area contributed by atoms with Gasteiger partial charge in [-0.25, -0.2) is 0 Å². The maximum Gasteiger partial charge on any atom is 0.138 e. The summed E-state index contributed by atoms with van der Waals surface area (Å²) in [4.78, 5) is 6.78. The van der Waals surface area contributed by atoms with E-state index >= 15 is 0 Å². The minimum atomic E-state index is 0. The molecule has 4 nitrogen and oxygen atoms in total. The maximum absolute atomic E-state index is 9.81.